The zero-order valence-electron chi connectivity index (χ0n) is 11.3. The van der Waals surface area contributed by atoms with Crippen LogP contribution in [0, 0.1) is 17.3 Å². The summed E-state index contributed by atoms with van der Waals surface area (Å²) in [5.41, 5.74) is 8.28. The molecule has 96 valence electrons. The number of nitrogens with two attached hydrogens (primary N) is 1. The van der Waals surface area contributed by atoms with Crippen molar-refractivity contribution in [2.75, 3.05) is 19.6 Å². The van der Waals surface area contributed by atoms with Gasteiger partial charge in [0.1, 0.15) is 0 Å². The maximum atomic E-state index is 5.97. The second kappa shape index (κ2) is 4.10. The van der Waals surface area contributed by atoms with Crippen LogP contribution in [0.5, 0.6) is 0 Å². The first kappa shape index (κ1) is 11.7. The molecule has 1 saturated carbocycles. The molecule has 0 aromatic rings. The normalized spacial score (nSPS) is 37.5. The average Bonchev–Trinajstić information content (AvgIpc) is 2.32. The Morgan fingerprint density at radius 3 is 2.65 bits per heavy atom. The Balaban J connectivity index is 1.61. The first-order valence-electron chi connectivity index (χ1n) is 7.24. The van der Waals surface area contributed by atoms with E-state index >= 15 is 0 Å². The molecule has 2 atom stereocenters. The van der Waals surface area contributed by atoms with Gasteiger partial charge in [0.25, 0.3) is 0 Å². The minimum Gasteiger partial charge on any atom is -0.328 e. The molecule has 1 heterocycles. The fourth-order valence-corrected chi connectivity index (χ4v) is 4.03. The summed E-state index contributed by atoms with van der Waals surface area (Å²) in [6.45, 7) is 8.55. The van der Waals surface area contributed by atoms with Gasteiger partial charge in [0.15, 0.2) is 0 Å². The SMILES string of the molecule is CC1(C)C2CC=C(CN3CCC(N)CC3)C1C2. The number of fused-ring (bicyclic) bond motifs is 1. The molecule has 0 amide bonds. The zero-order chi connectivity index (χ0) is 12.0. The van der Waals surface area contributed by atoms with Crippen molar-refractivity contribution in [2.45, 2.75) is 45.6 Å². The van der Waals surface area contributed by atoms with Crippen LogP contribution >= 0.6 is 0 Å². The fraction of sp³-hybridized carbons (Fsp3) is 0.867. The summed E-state index contributed by atoms with van der Waals surface area (Å²) in [5, 5.41) is 0. The van der Waals surface area contributed by atoms with Gasteiger partial charge in [0.05, 0.1) is 0 Å². The fourth-order valence-electron chi connectivity index (χ4n) is 4.03. The van der Waals surface area contributed by atoms with Crippen LogP contribution in [-0.4, -0.2) is 30.6 Å². The zero-order valence-corrected chi connectivity index (χ0v) is 11.3. The number of allylic oxidation sites excluding steroid dienone is 1. The summed E-state index contributed by atoms with van der Waals surface area (Å²) in [4.78, 5) is 2.62. The Morgan fingerprint density at radius 2 is 2.06 bits per heavy atom. The van der Waals surface area contributed by atoms with E-state index in [0.717, 1.165) is 11.8 Å². The van der Waals surface area contributed by atoms with Crippen LogP contribution in [0.1, 0.15) is 39.5 Å². The molecule has 17 heavy (non-hydrogen) atoms. The van der Waals surface area contributed by atoms with E-state index in [1.54, 1.807) is 5.57 Å². The van der Waals surface area contributed by atoms with Gasteiger partial charge < -0.3 is 5.73 Å². The Labute approximate surface area is 105 Å². The van der Waals surface area contributed by atoms with Crippen LogP contribution in [0.4, 0.5) is 0 Å². The molecular weight excluding hydrogens is 208 g/mol. The number of rotatable bonds is 2. The summed E-state index contributed by atoms with van der Waals surface area (Å²) in [6, 6.07) is 0.455. The first-order valence-corrected chi connectivity index (χ1v) is 7.24. The quantitative estimate of drug-likeness (QED) is 0.743. The van der Waals surface area contributed by atoms with Gasteiger partial charge in [0.2, 0.25) is 0 Å². The topological polar surface area (TPSA) is 29.3 Å². The van der Waals surface area contributed by atoms with Crippen LogP contribution in [0.2, 0.25) is 0 Å². The molecule has 2 heteroatoms. The Hall–Kier alpha value is -0.340. The molecule has 1 saturated heterocycles. The lowest BCUT2D eigenvalue weighted by atomic mass is 9.49. The van der Waals surface area contributed by atoms with Crippen LogP contribution in [-0.2, 0) is 0 Å². The predicted octanol–water partition coefficient (Wildman–Crippen LogP) is 2.40. The summed E-state index contributed by atoms with van der Waals surface area (Å²) in [6.07, 6.45) is 7.69. The van der Waals surface area contributed by atoms with Gasteiger partial charge >= 0.3 is 0 Å². The van der Waals surface area contributed by atoms with Gasteiger partial charge in [-0.3, -0.25) is 4.90 Å². The van der Waals surface area contributed by atoms with Crippen molar-refractivity contribution in [1.29, 1.82) is 0 Å². The molecule has 0 aromatic heterocycles. The third-order valence-corrected chi connectivity index (χ3v) is 5.62. The van der Waals surface area contributed by atoms with Crippen LogP contribution in [0.15, 0.2) is 11.6 Å². The molecule has 2 unspecified atom stereocenters. The lowest BCUT2D eigenvalue weighted by Gasteiger charge is -2.57. The molecule has 0 radical (unpaired) electrons. The van der Waals surface area contributed by atoms with E-state index < -0.39 is 0 Å². The van der Waals surface area contributed by atoms with Crippen LogP contribution < -0.4 is 5.73 Å². The van der Waals surface area contributed by atoms with Gasteiger partial charge in [-0.25, -0.2) is 0 Å². The first-order chi connectivity index (χ1) is 8.07. The van der Waals surface area contributed by atoms with Gasteiger partial charge in [-0.2, -0.15) is 0 Å². The van der Waals surface area contributed by atoms with Crippen molar-refractivity contribution in [3.8, 4) is 0 Å². The lowest BCUT2D eigenvalue weighted by Crippen LogP contribution is -2.50. The number of hydrogen-bond acceptors (Lipinski definition) is 2. The predicted molar refractivity (Wildman–Crippen MR) is 71.7 cm³/mol. The van der Waals surface area contributed by atoms with E-state index in [-0.39, 0.29) is 0 Å². The standard InChI is InChI=1S/C15H26N2/c1-15(2)12-4-3-11(14(15)9-12)10-17-7-5-13(16)6-8-17/h3,12-14H,4-10,16H2,1-2H3. The van der Waals surface area contributed by atoms with Crippen LogP contribution in [0.25, 0.3) is 0 Å². The van der Waals surface area contributed by atoms with Gasteiger partial charge in [-0.05, 0) is 56.0 Å². The monoisotopic (exact) mass is 234 g/mol. The molecule has 1 aliphatic heterocycles. The van der Waals surface area contributed by atoms with Gasteiger partial charge in [-0.1, -0.05) is 25.5 Å². The summed E-state index contributed by atoms with van der Waals surface area (Å²) < 4.78 is 0. The van der Waals surface area contributed by atoms with Crippen LogP contribution in [0.3, 0.4) is 0 Å². The minimum absolute atomic E-state index is 0.455. The number of hydrogen-bond donors (Lipinski definition) is 1. The Morgan fingerprint density at radius 1 is 1.35 bits per heavy atom. The van der Waals surface area contributed by atoms with E-state index in [0.29, 0.717) is 11.5 Å². The highest BCUT2D eigenvalue weighted by Gasteiger charge is 2.51. The Bertz CT molecular complexity index is 324. The van der Waals surface area contributed by atoms with E-state index in [9.17, 15) is 0 Å². The molecule has 0 aromatic carbocycles. The second-order valence-corrected chi connectivity index (χ2v) is 6.93. The van der Waals surface area contributed by atoms with Crippen molar-refractivity contribution in [2.24, 2.45) is 23.0 Å². The average molecular weight is 234 g/mol. The number of likely N-dealkylation sites (tertiary alicyclic amines) is 1. The lowest BCUT2D eigenvalue weighted by molar-refractivity contribution is -0.0112. The van der Waals surface area contributed by atoms with Crippen molar-refractivity contribution >= 4 is 0 Å². The molecule has 2 N–H and O–H groups in total. The van der Waals surface area contributed by atoms with Crippen molar-refractivity contribution in [1.82, 2.24) is 4.90 Å². The molecule has 2 nitrogen and oxygen atoms in total. The number of piperidine rings is 1. The van der Waals surface area contributed by atoms with E-state index in [1.807, 2.05) is 0 Å². The molecule has 2 bridgehead atoms. The molecular formula is C15H26N2. The molecule has 2 fully saturated rings. The highest BCUT2D eigenvalue weighted by Crippen LogP contribution is 2.59. The minimum atomic E-state index is 0.455. The van der Waals surface area contributed by atoms with E-state index in [2.05, 4.69) is 24.8 Å². The third-order valence-electron chi connectivity index (χ3n) is 5.62. The second-order valence-electron chi connectivity index (χ2n) is 6.93. The highest BCUT2D eigenvalue weighted by molar-refractivity contribution is 5.24. The maximum Gasteiger partial charge on any atom is 0.0195 e. The van der Waals surface area contributed by atoms with Gasteiger partial charge in [0, 0.05) is 12.6 Å². The summed E-state index contributed by atoms with van der Waals surface area (Å²) >= 11 is 0. The van der Waals surface area contributed by atoms with Crippen molar-refractivity contribution < 1.29 is 0 Å². The summed E-state index contributed by atoms with van der Waals surface area (Å²) in [7, 11) is 0. The van der Waals surface area contributed by atoms with Gasteiger partial charge in [-0.15, -0.1) is 0 Å². The largest absolute Gasteiger partial charge is 0.328 e. The smallest absolute Gasteiger partial charge is 0.0195 e. The summed E-state index contributed by atoms with van der Waals surface area (Å²) in [5.74, 6) is 1.84. The maximum absolute atomic E-state index is 5.97. The van der Waals surface area contributed by atoms with E-state index in [1.165, 1.54) is 45.3 Å². The van der Waals surface area contributed by atoms with E-state index in [4.69, 9.17) is 5.73 Å². The Kier molecular flexibility index (Phi) is 2.83. The molecule has 4 rings (SSSR count). The molecule has 4 aliphatic rings. The van der Waals surface area contributed by atoms with Crippen molar-refractivity contribution in [3.63, 3.8) is 0 Å². The third kappa shape index (κ3) is 1.96. The van der Waals surface area contributed by atoms with Crippen molar-refractivity contribution in [3.05, 3.63) is 11.6 Å². The molecule has 3 aliphatic carbocycles. The molecule has 0 spiro atoms. The highest BCUT2D eigenvalue weighted by atomic mass is 15.1. The number of nitrogens with zero attached hydrogens (tertiary/aromatic N) is 1.